The maximum atomic E-state index is 12.2. The number of rotatable bonds is 6. The molecular weight excluding hydrogens is 374 g/mol. The van der Waals surface area contributed by atoms with Crippen molar-refractivity contribution in [2.75, 3.05) is 29.6 Å². The van der Waals surface area contributed by atoms with Crippen LogP contribution in [0.3, 0.4) is 0 Å². The lowest BCUT2D eigenvalue weighted by Gasteiger charge is -2.15. The minimum atomic E-state index is -0.0591. The molecule has 1 aliphatic rings. The van der Waals surface area contributed by atoms with Gasteiger partial charge in [-0.05, 0) is 43.3 Å². The van der Waals surface area contributed by atoms with Gasteiger partial charge in [-0.25, -0.2) is 0 Å². The molecule has 1 aliphatic heterocycles. The third-order valence-corrected chi connectivity index (χ3v) is 5.50. The number of nitrogens with one attached hydrogen (secondary N) is 1. The highest BCUT2D eigenvalue weighted by atomic mass is 32.2. The average Bonchev–Trinajstić information content (AvgIpc) is 3.31. The lowest BCUT2D eigenvalue weighted by Crippen LogP contribution is -2.14. The fraction of sp³-hybridized carbons (Fsp3) is 0.250. The molecule has 8 heteroatoms. The predicted octanol–water partition coefficient (Wildman–Crippen LogP) is 3.48. The molecule has 1 N–H and O–H groups in total. The van der Waals surface area contributed by atoms with Gasteiger partial charge in [0.05, 0.1) is 12.9 Å². The Labute approximate surface area is 167 Å². The first-order valence-corrected chi connectivity index (χ1v) is 9.97. The maximum Gasteiger partial charge on any atom is 0.234 e. The Morgan fingerprint density at radius 2 is 1.86 bits per heavy atom. The smallest absolute Gasteiger partial charge is 0.234 e. The quantitative estimate of drug-likeness (QED) is 0.645. The number of thioether (sulfide) groups is 1. The molecular formula is C20H21N5O2S. The van der Waals surface area contributed by atoms with Crippen molar-refractivity contribution in [3.05, 3.63) is 54.1 Å². The molecule has 0 radical (unpaired) electrons. The molecule has 2 heterocycles. The highest BCUT2D eigenvalue weighted by molar-refractivity contribution is 7.99. The summed E-state index contributed by atoms with van der Waals surface area (Å²) in [5.41, 5.74) is 3.00. The second kappa shape index (κ2) is 7.93. The Morgan fingerprint density at radius 3 is 2.57 bits per heavy atom. The number of nitrogens with zero attached hydrogens (tertiary/aromatic N) is 4. The summed E-state index contributed by atoms with van der Waals surface area (Å²) in [7, 11) is 1.65. The third kappa shape index (κ3) is 3.82. The number of ether oxygens (including phenoxy) is 1. The molecule has 0 spiro atoms. The molecule has 4 rings (SSSR count). The molecule has 28 heavy (non-hydrogen) atoms. The molecule has 0 bridgehead atoms. The molecule has 0 atom stereocenters. The third-order valence-electron chi connectivity index (χ3n) is 4.54. The number of methoxy groups -OCH3 is 1. The summed E-state index contributed by atoms with van der Waals surface area (Å²) in [6.45, 7) is 3.62. The molecule has 1 aromatic heterocycles. The SMILES string of the molecule is COc1ccc(N2CCn3c(SCC(=O)Nc4ccc(C)cc4)nnc32)cc1. The summed E-state index contributed by atoms with van der Waals surface area (Å²) >= 11 is 1.40. The largest absolute Gasteiger partial charge is 0.497 e. The first kappa shape index (κ1) is 18.4. The molecule has 3 aromatic rings. The summed E-state index contributed by atoms with van der Waals surface area (Å²) in [4.78, 5) is 14.3. The van der Waals surface area contributed by atoms with Gasteiger partial charge in [-0.3, -0.25) is 9.36 Å². The molecule has 7 nitrogen and oxygen atoms in total. The van der Waals surface area contributed by atoms with E-state index >= 15 is 0 Å². The van der Waals surface area contributed by atoms with Gasteiger partial charge in [0.2, 0.25) is 11.9 Å². The van der Waals surface area contributed by atoms with Crippen LogP contribution >= 0.6 is 11.8 Å². The normalized spacial score (nSPS) is 12.7. The van der Waals surface area contributed by atoms with Crippen molar-refractivity contribution in [2.45, 2.75) is 18.6 Å². The topological polar surface area (TPSA) is 72.3 Å². The van der Waals surface area contributed by atoms with Crippen LogP contribution in [-0.2, 0) is 11.3 Å². The molecule has 0 fully saturated rings. The van der Waals surface area contributed by atoms with Gasteiger partial charge in [0.25, 0.3) is 0 Å². The van der Waals surface area contributed by atoms with Crippen molar-refractivity contribution in [3.8, 4) is 5.75 Å². The molecule has 1 amide bonds. The standard InChI is InChI=1S/C20H21N5O2S/c1-14-3-5-15(6-4-14)21-18(26)13-28-20-23-22-19-24(11-12-25(19)20)16-7-9-17(27-2)10-8-16/h3-10H,11-13H2,1-2H3,(H,21,26). The van der Waals surface area contributed by atoms with Crippen molar-refractivity contribution in [1.29, 1.82) is 0 Å². The van der Waals surface area contributed by atoms with Gasteiger partial charge in [0.1, 0.15) is 5.75 Å². The van der Waals surface area contributed by atoms with E-state index in [9.17, 15) is 4.79 Å². The zero-order valence-corrected chi connectivity index (χ0v) is 16.6. The number of carbonyl (C=O) groups is 1. The zero-order valence-electron chi connectivity index (χ0n) is 15.8. The number of amides is 1. The highest BCUT2D eigenvalue weighted by Crippen LogP contribution is 2.32. The zero-order chi connectivity index (χ0) is 19.5. The summed E-state index contributed by atoms with van der Waals surface area (Å²) in [6, 6.07) is 15.6. The summed E-state index contributed by atoms with van der Waals surface area (Å²) in [6.07, 6.45) is 0. The van der Waals surface area contributed by atoms with Gasteiger partial charge < -0.3 is 15.0 Å². The van der Waals surface area contributed by atoms with Crippen molar-refractivity contribution in [2.24, 2.45) is 0 Å². The van der Waals surface area contributed by atoms with E-state index in [1.165, 1.54) is 11.8 Å². The van der Waals surface area contributed by atoms with Gasteiger partial charge in [0.15, 0.2) is 5.16 Å². The van der Waals surface area contributed by atoms with E-state index in [1.807, 2.05) is 60.0 Å². The number of benzene rings is 2. The van der Waals surface area contributed by atoms with Crippen LogP contribution in [0.25, 0.3) is 0 Å². The lowest BCUT2D eigenvalue weighted by atomic mass is 10.2. The molecule has 0 saturated carbocycles. The van der Waals surface area contributed by atoms with E-state index in [0.717, 1.165) is 46.9 Å². The van der Waals surface area contributed by atoms with E-state index < -0.39 is 0 Å². The fourth-order valence-corrected chi connectivity index (χ4v) is 3.81. The second-order valence-electron chi connectivity index (χ2n) is 6.49. The first-order valence-electron chi connectivity index (χ1n) is 8.98. The predicted molar refractivity (Wildman–Crippen MR) is 111 cm³/mol. The number of aryl methyl sites for hydroxylation is 1. The summed E-state index contributed by atoms with van der Waals surface area (Å²) < 4.78 is 7.26. The van der Waals surface area contributed by atoms with E-state index in [0.29, 0.717) is 0 Å². The van der Waals surface area contributed by atoms with Crippen LogP contribution in [-0.4, -0.2) is 40.1 Å². The molecule has 0 saturated heterocycles. The van der Waals surface area contributed by atoms with Crippen LogP contribution in [0.2, 0.25) is 0 Å². The molecule has 2 aromatic carbocycles. The van der Waals surface area contributed by atoms with Crippen LogP contribution in [0, 0.1) is 6.92 Å². The number of hydrogen-bond donors (Lipinski definition) is 1. The fourth-order valence-electron chi connectivity index (χ4n) is 3.05. The minimum Gasteiger partial charge on any atom is -0.497 e. The van der Waals surface area contributed by atoms with Crippen LogP contribution in [0.4, 0.5) is 17.3 Å². The molecule has 144 valence electrons. The Bertz CT molecular complexity index is 969. The summed E-state index contributed by atoms with van der Waals surface area (Å²) in [5, 5.41) is 12.3. The average molecular weight is 395 g/mol. The number of fused-ring (bicyclic) bond motifs is 1. The van der Waals surface area contributed by atoms with Crippen LogP contribution in [0.15, 0.2) is 53.7 Å². The van der Waals surface area contributed by atoms with E-state index in [4.69, 9.17) is 4.74 Å². The van der Waals surface area contributed by atoms with Crippen molar-refractivity contribution in [1.82, 2.24) is 14.8 Å². The van der Waals surface area contributed by atoms with Crippen molar-refractivity contribution in [3.63, 3.8) is 0 Å². The Hall–Kier alpha value is -3.00. The van der Waals surface area contributed by atoms with Gasteiger partial charge in [-0.15, -0.1) is 10.2 Å². The first-order chi connectivity index (χ1) is 13.6. The van der Waals surface area contributed by atoms with Crippen LogP contribution < -0.4 is 15.0 Å². The van der Waals surface area contributed by atoms with E-state index in [2.05, 4.69) is 20.4 Å². The van der Waals surface area contributed by atoms with Crippen molar-refractivity contribution < 1.29 is 9.53 Å². The van der Waals surface area contributed by atoms with E-state index in [-0.39, 0.29) is 11.7 Å². The minimum absolute atomic E-state index is 0.0591. The number of hydrogen-bond acceptors (Lipinski definition) is 6. The Morgan fingerprint density at radius 1 is 1.11 bits per heavy atom. The Kier molecular flexibility index (Phi) is 5.21. The number of aromatic nitrogens is 3. The lowest BCUT2D eigenvalue weighted by molar-refractivity contribution is -0.113. The number of carbonyl (C=O) groups excluding carboxylic acids is 1. The van der Waals surface area contributed by atoms with Crippen molar-refractivity contribution >= 4 is 35.0 Å². The monoisotopic (exact) mass is 395 g/mol. The Balaban J connectivity index is 1.39. The summed E-state index contributed by atoms with van der Waals surface area (Å²) in [5.74, 6) is 1.84. The second-order valence-corrected chi connectivity index (χ2v) is 7.43. The molecule has 0 aliphatic carbocycles. The maximum absolute atomic E-state index is 12.2. The van der Waals surface area contributed by atoms with Gasteiger partial charge in [-0.1, -0.05) is 29.5 Å². The van der Waals surface area contributed by atoms with E-state index in [1.54, 1.807) is 7.11 Å². The van der Waals surface area contributed by atoms with Crippen LogP contribution in [0.1, 0.15) is 5.56 Å². The number of anilines is 3. The van der Waals surface area contributed by atoms with Crippen LogP contribution in [0.5, 0.6) is 5.75 Å². The molecule has 0 unspecified atom stereocenters. The highest BCUT2D eigenvalue weighted by Gasteiger charge is 2.26. The van der Waals surface area contributed by atoms with Gasteiger partial charge in [-0.2, -0.15) is 0 Å². The van der Waals surface area contributed by atoms with Gasteiger partial charge >= 0.3 is 0 Å². The van der Waals surface area contributed by atoms with Gasteiger partial charge in [0, 0.05) is 24.5 Å².